The van der Waals surface area contributed by atoms with Gasteiger partial charge in [-0.25, -0.2) is 0 Å². The SMILES string of the molecule is CN1C=CN(c2ccc3c(c2)B2c4cc(N5C=CN(C)C5)ccc4Sc4c5c6c(c(c42)S3)Sc2ccc(N3C=CN(C)C3)cc2B6c2cc(N3C=CN(C)C3)ccc2S5)C1. The summed E-state index contributed by atoms with van der Waals surface area (Å²) in [4.78, 5) is 29.7. The van der Waals surface area contributed by atoms with Gasteiger partial charge in [-0.2, -0.15) is 0 Å². The Morgan fingerprint density at radius 1 is 0.350 bits per heavy atom. The van der Waals surface area contributed by atoms with E-state index in [2.05, 4.69) is 190 Å². The quantitative estimate of drug-likeness (QED) is 0.215. The molecule has 0 N–H and O–H groups in total. The first-order chi connectivity index (χ1) is 29.3. The molecule has 0 fully saturated rings. The average Bonchev–Trinajstić information content (AvgIpc) is 4.10. The molecule has 8 heterocycles. The zero-order valence-corrected chi connectivity index (χ0v) is 37.0. The molecule has 0 atom stereocenters. The zero-order valence-electron chi connectivity index (χ0n) is 33.7. The molecule has 8 aliphatic heterocycles. The van der Waals surface area contributed by atoms with Gasteiger partial charge >= 0.3 is 0 Å². The van der Waals surface area contributed by atoms with Crippen molar-refractivity contribution in [3.8, 4) is 0 Å². The van der Waals surface area contributed by atoms with E-state index in [-0.39, 0.29) is 13.4 Å². The van der Waals surface area contributed by atoms with Crippen LogP contribution in [0.3, 0.4) is 0 Å². The number of hydrogen-bond donors (Lipinski definition) is 0. The van der Waals surface area contributed by atoms with E-state index in [1.165, 1.54) is 94.7 Å². The van der Waals surface area contributed by atoms with E-state index in [0.29, 0.717) is 0 Å². The van der Waals surface area contributed by atoms with Crippen molar-refractivity contribution in [1.29, 1.82) is 0 Å². The third-order valence-corrected chi connectivity index (χ3v) is 18.0. The van der Waals surface area contributed by atoms with Crippen molar-refractivity contribution in [3.63, 3.8) is 0 Å². The normalized spacial score (nSPS) is 18.5. The molecule has 8 aliphatic rings. The van der Waals surface area contributed by atoms with Crippen LogP contribution in [-0.4, -0.2) is 87.9 Å². The lowest BCUT2D eigenvalue weighted by molar-refractivity contribution is 0.495. The van der Waals surface area contributed by atoms with Crippen molar-refractivity contribution in [2.24, 2.45) is 0 Å². The molecule has 0 saturated carbocycles. The van der Waals surface area contributed by atoms with Gasteiger partial charge < -0.3 is 39.2 Å². The fourth-order valence-corrected chi connectivity index (χ4v) is 15.3. The Labute approximate surface area is 369 Å². The summed E-state index contributed by atoms with van der Waals surface area (Å²) in [5.41, 5.74) is 13.6. The molecule has 0 unspecified atom stereocenters. The highest BCUT2D eigenvalue weighted by atomic mass is 32.2. The van der Waals surface area contributed by atoms with Crippen molar-refractivity contribution < 1.29 is 0 Å². The molecule has 5 aromatic carbocycles. The van der Waals surface area contributed by atoms with Crippen LogP contribution in [0.1, 0.15) is 0 Å². The largest absolute Gasteiger partial charge is 0.361 e. The second-order valence-corrected chi connectivity index (χ2v) is 21.2. The van der Waals surface area contributed by atoms with Crippen molar-refractivity contribution >= 4 is 116 Å². The van der Waals surface area contributed by atoms with Gasteiger partial charge in [-0.15, -0.1) is 0 Å². The molecule has 13 rings (SSSR count). The van der Waals surface area contributed by atoms with E-state index >= 15 is 0 Å². The lowest BCUT2D eigenvalue weighted by Crippen LogP contribution is -2.62. The summed E-state index contributed by atoms with van der Waals surface area (Å²) in [6.07, 6.45) is 17.5. The third kappa shape index (κ3) is 5.39. The molecule has 0 aliphatic carbocycles. The Morgan fingerprint density at radius 3 is 0.817 bits per heavy atom. The summed E-state index contributed by atoms with van der Waals surface area (Å²) in [7, 11) is 8.58. The summed E-state index contributed by atoms with van der Waals surface area (Å²) in [6.45, 7) is 3.65. The van der Waals surface area contributed by atoms with Crippen LogP contribution in [0.2, 0.25) is 0 Å². The minimum Gasteiger partial charge on any atom is -0.361 e. The number of rotatable bonds is 4. The number of hydrogen-bond acceptors (Lipinski definition) is 12. The van der Waals surface area contributed by atoms with Crippen LogP contribution in [0, 0.1) is 0 Å². The highest BCUT2D eigenvalue weighted by molar-refractivity contribution is 8.05. The van der Waals surface area contributed by atoms with Gasteiger partial charge in [0.15, 0.2) is 0 Å². The van der Waals surface area contributed by atoms with E-state index in [0.717, 1.165) is 26.7 Å². The minimum absolute atomic E-state index is 0.114. The van der Waals surface area contributed by atoms with Crippen LogP contribution in [0.5, 0.6) is 0 Å². The van der Waals surface area contributed by atoms with E-state index in [1.54, 1.807) is 0 Å². The maximum absolute atomic E-state index is 2.50. The molecule has 0 radical (unpaired) electrons. The first-order valence-corrected chi connectivity index (χ1v) is 23.7. The predicted molar refractivity (Wildman–Crippen MR) is 255 cm³/mol. The molecule has 0 bridgehead atoms. The maximum Gasteiger partial charge on any atom is 0.247 e. The monoisotopic (exact) mass is 854 g/mol. The van der Waals surface area contributed by atoms with Crippen LogP contribution in [0.4, 0.5) is 22.7 Å². The molecule has 0 saturated heterocycles. The summed E-state index contributed by atoms with van der Waals surface area (Å²) < 4.78 is 0. The Balaban J connectivity index is 1.03. The number of fused-ring (bicyclic) bond motifs is 10. The standard InChI is InChI=1S/C46H40B2N8S4/c1-49-13-17-53(25-49)29-5-9-37-33(21-29)47-34-22-30(54-18-14-50(2)26-54)6-10-38(34)58-44-41(47)43(57-37)45-42-46(44)60-40-12-8-32(56-20-16-52(4)28-56)24-36(40)48(42)35-23-31(7-11-39(35)59-45)55-19-15-51(3)27-55/h5-24H,25-28H2,1-4H3. The molecule has 0 amide bonds. The second-order valence-electron chi connectivity index (χ2n) is 17.0. The average molecular weight is 855 g/mol. The summed E-state index contributed by atoms with van der Waals surface area (Å²) in [5.74, 6) is 0. The summed E-state index contributed by atoms with van der Waals surface area (Å²) in [5, 5.41) is 0. The third-order valence-electron chi connectivity index (χ3n) is 12.9. The number of nitrogens with zero attached hydrogens (tertiary/aromatic N) is 8. The van der Waals surface area contributed by atoms with Crippen LogP contribution < -0.4 is 52.4 Å². The summed E-state index contributed by atoms with van der Waals surface area (Å²) in [6, 6.07) is 28.9. The molecular formula is C46H40B2N8S4. The van der Waals surface area contributed by atoms with Gasteiger partial charge in [-0.05, 0) is 83.7 Å². The Kier molecular flexibility index (Phi) is 7.88. The fourth-order valence-electron chi connectivity index (χ4n) is 9.94. The molecule has 294 valence electrons. The fraction of sp³-hybridized carbons (Fsp3) is 0.174. The van der Waals surface area contributed by atoms with Gasteiger partial charge in [0, 0.05) is 140 Å². The van der Waals surface area contributed by atoms with E-state index in [4.69, 9.17) is 0 Å². The Bertz CT molecular complexity index is 2470. The molecule has 14 heteroatoms. The van der Waals surface area contributed by atoms with Gasteiger partial charge in [-0.3, -0.25) is 0 Å². The van der Waals surface area contributed by atoms with Crippen LogP contribution in [0.25, 0.3) is 0 Å². The Hall–Kier alpha value is -5.01. The smallest absolute Gasteiger partial charge is 0.247 e. The van der Waals surface area contributed by atoms with Gasteiger partial charge in [0.25, 0.3) is 0 Å². The first kappa shape index (κ1) is 35.7. The van der Waals surface area contributed by atoms with E-state index in [9.17, 15) is 0 Å². The van der Waals surface area contributed by atoms with Gasteiger partial charge in [-0.1, -0.05) is 68.9 Å². The van der Waals surface area contributed by atoms with Crippen molar-refractivity contribution in [3.05, 3.63) is 122 Å². The van der Waals surface area contributed by atoms with Crippen molar-refractivity contribution in [2.45, 2.75) is 39.2 Å². The van der Waals surface area contributed by atoms with Crippen LogP contribution >= 0.6 is 47.0 Å². The van der Waals surface area contributed by atoms with Gasteiger partial charge in [0.05, 0.1) is 26.7 Å². The minimum atomic E-state index is 0.114. The number of benzene rings is 5. The predicted octanol–water partition coefficient (Wildman–Crippen LogP) is 5.30. The highest BCUT2D eigenvalue weighted by Crippen LogP contribution is 2.51. The first-order valence-electron chi connectivity index (χ1n) is 20.4. The molecular weight excluding hydrogens is 814 g/mol. The Morgan fingerprint density at radius 2 is 0.600 bits per heavy atom. The van der Waals surface area contributed by atoms with E-state index in [1.807, 2.05) is 47.0 Å². The zero-order chi connectivity index (χ0) is 40.0. The lowest BCUT2D eigenvalue weighted by atomic mass is 9.34. The maximum atomic E-state index is 2.50. The highest BCUT2D eigenvalue weighted by Gasteiger charge is 2.48. The summed E-state index contributed by atoms with van der Waals surface area (Å²) >= 11 is 8.02. The van der Waals surface area contributed by atoms with Crippen LogP contribution in [-0.2, 0) is 0 Å². The number of anilines is 4. The lowest BCUT2D eigenvalue weighted by Gasteiger charge is -2.41. The topological polar surface area (TPSA) is 25.9 Å². The molecule has 0 spiro atoms. The molecule has 0 aromatic heterocycles. The second kappa shape index (κ2) is 13.2. The molecule has 5 aromatic rings. The molecule has 60 heavy (non-hydrogen) atoms. The van der Waals surface area contributed by atoms with Gasteiger partial charge in [0.2, 0.25) is 13.4 Å². The van der Waals surface area contributed by atoms with Crippen molar-refractivity contribution in [2.75, 3.05) is 74.5 Å². The van der Waals surface area contributed by atoms with Crippen molar-refractivity contribution in [1.82, 2.24) is 19.6 Å². The van der Waals surface area contributed by atoms with Crippen LogP contribution in [0.15, 0.2) is 162 Å². The van der Waals surface area contributed by atoms with E-state index < -0.39 is 0 Å². The molecule has 8 nitrogen and oxygen atoms in total. The van der Waals surface area contributed by atoms with Gasteiger partial charge in [0.1, 0.15) is 0 Å².